The Bertz CT molecular complexity index is 548. The van der Waals surface area contributed by atoms with Crippen LogP contribution in [0, 0.1) is 5.92 Å². The van der Waals surface area contributed by atoms with Crippen molar-refractivity contribution < 1.29 is 14.3 Å². The van der Waals surface area contributed by atoms with Gasteiger partial charge in [-0.05, 0) is 43.9 Å². The normalized spacial score (nSPS) is 14.8. The van der Waals surface area contributed by atoms with E-state index in [1.807, 2.05) is 19.1 Å². The zero-order valence-electron chi connectivity index (χ0n) is 14.7. The monoisotopic (exact) mass is 304 g/mol. The van der Waals surface area contributed by atoms with Crippen molar-refractivity contribution in [2.45, 2.75) is 46.0 Å². The molecule has 3 nitrogen and oxygen atoms in total. The highest BCUT2D eigenvalue weighted by atomic mass is 16.5. The number of carbonyl (C=O) groups excluding carboxylic acids is 1. The molecule has 0 aliphatic rings. The Morgan fingerprint density at radius 2 is 1.82 bits per heavy atom. The van der Waals surface area contributed by atoms with E-state index in [-0.39, 0.29) is 17.1 Å². The van der Waals surface area contributed by atoms with Crippen LogP contribution in [0.1, 0.15) is 46.1 Å². The molecule has 1 rings (SSSR count). The van der Waals surface area contributed by atoms with Crippen LogP contribution in [0.5, 0.6) is 11.5 Å². The minimum atomic E-state index is -0.245. The summed E-state index contributed by atoms with van der Waals surface area (Å²) in [6.45, 7) is 12.2. The van der Waals surface area contributed by atoms with E-state index in [1.54, 1.807) is 21.1 Å². The molecule has 0 fully saturated rings. The van der Waals surface area contributed by atoms with Gasteiger partial charge in [-0.2, -0.15) is 0 Å². The predicted molar refractivity (Wildman–Crippen MR) is 90.8 cm³/mol. The van der Waals surface area contributed by atoms with Gasteiger partial charge in [0.15, 0.2) is 11.5 Å². The quantitative estimate of drug-likeness (QED) is 0.661. The Morgan fingerprint density at radius 1 is 1.23 bits per heavy atom. The lowest BCUT2D eigenvalue weighted by atomic mass is 9.64. The number of methoxy groups -OCH3 is 2. The lowest BCUT2D eigenvalue weighted by Crippen LogP contribution is -2.35. The lowest BCUT2D eigenvalue weighted by Gasteiger charge is -2.40. The molecule has 0 bridgehead atoms. The zero-order chi connectivity index (χ0) is 16.9. The molecule has 0 amide bonds. The molecule has 122 valence electrons. The summed E-state index contributed by atoms with van der Waals surface area (Å²) in [7, 11) is 3.26. The fourth-order valence-electron chi connectivity index (χ4n) is 3.53. The molecule has 22 heavy (non-hydrogen) atoms. The van der Waals surface area contributed by atoms with Crippen molar-refractivity contribution in [3.8, 4) is 11.5 Å². The van der Waals surface area contributed by atoms with Crippen LogP contribution in [0.25, 0.3) is 0 Å². The van der Waals surface area contributed by atoms with Crippen LogP contribution < -0.4 is 9.47 Å². The minimum Gasteiger partial charge on any atom is -0.493 e. The number of allylic oxidation sites excluding steroid dienone is 1. The molecule has 0 aromatic heterocycles. The van der Waals surface area contributed by atoms with Crippen LogP contribution in [-0.2, 0) is 10.2 Å². The van der Waals surface area contributed by atoms with Crippen molar-refractivity contribution in [3.63, 3.8) is 0 Å². The molecule has 0 heterocycles. The van der Waals surface area contributed by atoms with Crippen LogP contribution >= 0.6 is 0 Å². The summed E-state index contributed by atoms with van der Waals surface area (Å²) >= 11 is 0. The highest BCUT2D eigenvalue weighted by molar-refractivity contribution is 5.76. The summed E-state index contributed by atoms with van der Waals surface area (Å²) < 4.78 is 10.8. The van der Waals surface area contributed by atoms with Crippen LogP contribution in [0.3, 0.4) is 0 Å². The van der Waals surface area contributed by atoms with Gasteiger partial charge in [0, 0.05) is 11.8 Å². The van der Waals surface area contributed by atoms with Crippen molar-refractivity contribution in [2.24, 2.45) is 5.92 Å². The van der Waals surface area contributed by atoms with E-state index in [0.717, 1.165) is 17.6 Å². The number of carbonyl (C=O) groups is 1. The summed E-state index contributed by atoms with van der Waals surface area (Å²) in [4.78, 5) is 11.6. The van der Waals surface area contributed by atoms with E-state index in [1.165, 1.54) is 0 Å². The highest BCUT2D eigenvalue weighted by Gasteiger charge is 2.38. The molecule has 2 atom stereocenters. The Hall–Kier alpha value is -1.77. The largest absolute Gasteiger partial charge is 0.493 e. The van der Waals surface area contributed by atoms with Crippen molar-refractivity contribution >= 4 is 5.78 Å². The second kappa shape index (κ2) is 7.48. The topological polar surface area (TPSA) is 35.5 Å². The maximum atomic E-state index is 11.6. The summed E-state index contributed by atoms with van der Waals surface area (Å²) in [5.74, 6) is 1.78. The summed E-state index contributed by atoms with van der Waals surface area (Å²) in [5, 5.41) is 0. The van der Waals surface area contributed by atoms with Gasteiger partial charge in [-0.1, -0.05) is 32.1 Å². The number of hydrogen-bond donors (Lipinski definition) is 0. The highest BCUT2D eigenvalue weighted by Crippen LogP contribution is 2.45. The van der Waals surface area contributed by atoms with Gasteiger partial charge in [-0.15, -0.1) is 0 Å². The van der Waals surface area contributed by atoms with Gasteiger partial charge in [0.2, 0.25) is 0 Å². The average molecular weight is 304 g/mol. The second-order valence-corrected chi connectivity index (χ2v) is 5.98. The first kappa shape index (κ1) is 18.3. The molecule has 0 aliphatic heterocycles. The maximum absolute atomic E-state index is 11.6. The number of rotatable bonds is 8. The maximum Gasteiger partial charge on any atom is 0.161 e. The Balaban J connectivity index is 3.45. The summed E-state index contributed by atoms with van der Waals surface area (Å²) in [6, 6.07) is 5.98. The first-order valence-electron chi connectivity index (χ1n) is 7.71. The Labute approximate surface area is 134 Å². The van der Waals surface area contributed by atoms with Gasteiger partial charge in [0.25, 0.3) is 0 Å². The summed E-state index contributed by atoms with van der Waals surface area (Å²) in [6.07, 6.45) is 1.42. The number of hydrogen-bond acceptors (Lipinski definition) is 3. The molecule has 3 heteroatoms. The Kier molecular flexibility index (Phi) is 6.21. The fraction of sp³-hybridized carbons (Fsp3) is 0.526. The third kappa shape index (κ3) is 3.34. The van der Waals surface area contributed by atoms with Gasteiger partial charge in [0.1, 0.15) is 5.78 Å². The fourth-order valence-corrected chi connectivity index (χ4v) is 3.53. The molecule has 0 saturated carbocycles. The molecule has 1 unspecified atom stereocenters. The molecule has 1 aromatic rings. The van der Waals surface area contributed by atoms with E-state index < -0.39 is 0 Å². The molecular formula is C19H28O3. The van der Waals surface area contributed by atoms with Crippen molar-refractivity contribution in [2.75, 3.05) is 14.2 Å². The second-order valence-electron chi connectivity index (χ2n) is 5.98. The zero-order valence-corrected chi connectivity index (χ0v) is 14.7. The van der Waals surface area contributed by atoms with Gasteiger partial charge < -0.3 is 14.3 Å². The van der Waals surface area contributed by atoms with E-state index in [4.69, 9.17) is 9.47 Å². The molecule has 0 spiro atoms. The van der Waals surface area contributed by atoms with E-state index in [9.17, 15) is 4.79 Å². The van der Waals surface area contributed by atoms with Crippen LogP contribution in [0.4, 0.5) is 0 Å². The van der Waals surface area contributed by atoms with Gasteiger partial charge >= 0.3 is 0 Å². The van der Waals surface area contributed by atoms with Crippen LogP contribution in [0.2, 0.25) is 0 Å². The summed E-state index contributed by atoms with van der Waals surface area (Å²) in [5.41, 5.74) is 1.94. The van der Waals surface area contributed by atoms with E-state index in [2.05, 4.69) is 26.5 Å². The molecule has 0 saturated heterocycles. The van der Waals surface area contributed by atoms with Crippen LogP contribution in [-0.4, -0.2) is 20.0 Å². The molecule has 0 aliphatic carbocycles. The minimum absolute atomic E-state index is 0.172. The third-order valence-corrected chi connectivity index (χ3v) is 4.65. The van der Waals surface area contributed by atoms with Crippen molar-refractivity contribution in [3.05, 3.63) is 35.9 Å². The van der Waals surface area contributed by atoms with E-state index in [0.29, 0.717) is 17.9 Å². The third-order valence-electron chi connectivity index (χ3n) is 4.65. The van der Waals surface area contributed by atoms with Crippen LogP contribution in [0.15, 0.2) is 30.4 Å². The number of benzene rings is 1. The average Bonchev–Trinajstić information content (AvgIpc) is 2.47. The Morgan fingerprint density at radius 3 is 2.23 bits per heavy atom. The van der Waals surface area contributed by atoms with E-state index >= 15 is 0 Å². The first-order valence-corrected chi connectivity index (χ1v) is 7.71. The lowest BCUT2D eigenvalue weighted by molar-refractivity contribution is -0.118. The van der Waals surface area contributed by atoms with Gasteiger partial charge in [0.05, 0.1) is 14.2 Å². The van der Waals surface area contributed by atoms with Gasteiger partial charge in [-0.25, -0.2) is 0 Å². The van der Waals surface area contributed by atoms with Gasteiger partial charge in [-0.3, -0.25) is 0 Å². The standard InChI is InChI=1S/C19H28O3/c1-8-19(13(2)3,14(4)11-15(5)20)16-9-10-17(21-6)18(12-16)22-7/h9-10,12,14H,2,8,11H2,1,3-7H3/t14?,19-/m1/s1. The number of ketones is 1. The number of ether oxygens (including phenoxy) is 2. The SMILES string of the molecule is C=C(C)[C@@](CC)(c1ccc(OC)c(OC)c1)C(C)CC(C)=O. The molecule has 0 N–H and O–H groups in total. The van der Waals surface area contributed by atoms with Crippen molar-refractivity contribution in [1.29, 1.82) is 0 Å². The molecule has 0 radical (unpaired) electrons. The molecule has 1 aromatic carbocycles. The first-order chi connectivity index (χ1) is 10.3. The molecular weight excluding hydrogens is 276 g/mol. The number of Topliss-reactive ketones (excluding diaryl/α,β-unsaturated/α-hetero) is 1. The van der Waals surface area contributed by atoms with Crippen molar-refractivity contribution in [1.82, 2.24) is 0 Å². The smallest absolute Gasteiger partial charge is 0.161 e. The predicted octanol–water partition coefficient (Wildman–Crippen LogP) is 4.54.